The minimum absolute atomic E-state index is 0.0623. The van der Waals surface area contributed by atoms with Crippen molar-refractivity contribution in [2.75, 3.05) is 51.4 Å². The van der Waals surface area contributed by atoms with Crippen LogP contribution in [0, 0.1) is 5.82 Å². The molecule has 0 radical (unpaired) electrons. The molecule has 2 heterocycles. The molecule has 2 fully saturated rings. The number of methoxy groups -OCH3 is 1. The van der Waals surface area contributed by atoms with E-state index in [0.717, 1.165) is 32.4 Å². The van der Waals surface area contributed by atoms with Crippen LogP contribution in [-0.2, 0) is 16.0 Å². The molecule has 4 rings (SSSR count). The van der Waals surface area contributed by atoms with Gasteiger partial charge in [0.2, 0.25) is 0 Å². The summed E-state index contributed by atoms with van der Waals surface area (Å²) in [6.07, 6.45) is 0. The molecule has 2 aliphatic rings. The molecule has 0 bridgehead atoms. The SMILES string of the molecule is COC(=O)c1ccc(CN(C(=O)N2CCN(C3COC3)CC2)c2ccccc2)c(F)c1. The first-order chi connectivity index (χ1) is 15.1. The van der Waals surface area contributed by atoms with E-state index < -0.39 is 11.8 Å². The summed E-state index contributed by atoms with van der Waals surface area (Å²) in [5.74, 6) is -1.15. The number of hydrogen-bond donors (Lipinski definition) is 0. The number of ether oxygens (including phenoxy) is 2. The zero-order valence-electron chi connectivity index (χ0n) is 17.5. The second-order valence-corrected chi connectivity index (χ2v) is 7.72. The summed E-state index contributed by atoms with van der Waals surface area (Å²) >= 11 is 0. The Morgan fingerprint density at radius 1 is 1.10 bits per heavy atom. The molecule has 0 aliphatic carbocycles. The summed E-state index contributed by atoms with van der Waals surface area (Å²) in [6.45, 7) is 4.39. The van der Waals surface area contributed by atoms with Gasteiger partial charge in [-0.1, -0.05) is 24.3 Å². The molecule has 0 unspecified atom stereocenters. The first kappa shape index (κ1) is 21.3. The van der Waals surface area contributed by atoms with Gasteiger partial charge in [0, 0.05) is 37.4 Å². The van der Waals surface area contributed by atoms with Crippen molar-refractivity contribution in [3.05, 3.63) is 65.5 Å². The van der Waals surface area contributed by atoms with Gasteiger partial charge in [0.25, 0.3) is 0 Å². The largest absolute Gasteiger partial charge is 0.465 e. The maximum Gasteiger partial charge on any atom is 0.337 e. The van der Waals surface area contributed by atoms with E-state index in [9.17, 15) is 14.0 Å². The van der Waals surface area contributed by atoms with Crippen molar-refractivity contribution in [1.82, 2.24) is 9.80 Å². The number of benzene rings is 2. The summed E-state index contributed by atoms with van der Waals surface area (Å²) in [4.78, 5) is 30.8. The van der Waals surface area contributed by atoms with Crippen molar-refractivity contribution in [3.8, 4) is 0 Å². The van der Waals surface area contributed by atoms with Gasteiger partial charge in [-0.2, -0.15) is 0 Å². The number of amides is 2. The van der Waals surface area contributed by atoms with Crippen LogP contribution in [-0.4, -0.2) is 74.3 Å². The number of nitrogens with zero attached hydrogens (tertiary/aromatic N) is 3. The molecule has 8 heteroatoms. The van der Waals surface area contributed by atoms with Crippen molar-refractivity contribution >= 4 is 17.7 Å². The lowest BCUT2D eigenvalue weighted by Gasteiger charge is -2.43. The summed E-state index contributed by atoms with van der Waals surface area (Å²) in [5.41, 5.74) is 1.16. The number of carbonyl (C=O) groups is 2. The van der Waals surface area contributed by atoms with E-state index in [4.69, 9.17) is 4.74 Å². The minimum atomic E-state index is -0.601. The van der Waals surface area contributed by atoms with Gasteiger partial charge in [-0.25, -0.2) is 14.0 Å². The molecule has 2 saturated heterocycles. The molecule has 2 amide bonds. The maximum absolute atomic E-state index is 14.7. The van der Waals surface area contributed by atoms with Gasteiger partial charge < -0.3 is 14.4 Å². The first-order valence-corrected chi connectivity index (χ1v) is 10.4. The Labute approximate surface area is 180 Å². The Kier molecular flexibility index (Phi) is 6.48. The van der Waals surface area contributed by atoms with Crippen molar-refractivity contribution in [1.29, 1.82) is 0 Å². The molecule has 0 aromatic heterocycles. The molecule has 2 aromatic carbocycles. The molecule has 0 spiro atoms. The van der Waals surface area contributed by atoms with Crippen LogP contribution in [0.25, 0.3) is 0 Å². The molecular formula is C23H26FN3O4. The lowest BCUT2D eigenvalue weighted by molar-refractivity contribution is -0.0738. The second kappa shape index (κ2) is 9.45. The van der Waals surface area contributed by atoms with Gasteiger partial charge in [-0.05, 0) is 24.3 Å². The number of piperazine rings is 1. The molecule has 2 aliphatic heterocycles. The normalized spacial score (nSPS) is 17.2. The van der Waals surface area contributed by atoms with Crippen molar-refractivity contribution < 1.29 is 23.5 Å². The third-order valence-electron chi connectivity index (χ3n) is 5.82. The van der Waals surface area contributed by atoms with Crippen LogP contribution < -0.4 is 4.90 Å². The van der Waals surface area contributed by atoms with Crippen molar-refractivity contribution in [2.24, 2.45) is 0 Å². The number of carbonyl (C=O) groups excluding carboxylic acids is 2. The highest BCUT2D eigenvalue weighted by Gasteiger charge is 2.32. The topological polar surface area (TPSA) is 62.3 Å². The fourth-order valence-corrected chi connectivity index (χ4v) is 3.85. The van der Waals surface area contributed by atoms with E-state index in [1.165, 1.54) is 19.2 Å². The summed E-state index contributed by atoms with van der Waals surface area (Å²) in [6, 6.07) is 13.7. The van der Waals surface area contributed by atoms with Crippen LogP contribution >= 0.6 is 0 Å². The van der Waals surface area contributed by atoms with E-state index >= 15 is 0 Å². The van der Waals surface area contributed by atoms with Crippen LogP contribution in [0.4, 0.5) is 14.9 Å². The maximum atomic E-state index is 14.7. The Morgan fingerprint density at radius 3 is 2.39 bits per heavy atom. The number of esters is 1. The van der Waals surface area contributed by atoms with Crippen LogP contribution in [0.2, 0.25) is 0 Å². The van der Waals surface area contributed by atoms with E-state index in [1.807, 2.05) is 35.2 Å². The zero-order chi connectivity index (χ0) is 21.8. The Balaban J connectivity index is 1.51. The number of rotatable bonds is 5. The van der Waals surface area contributed by atoms with Gasteiger partial charge in [-0.3, -0.25) is 9.80 Å². The fourth-order valence-electron chi connectivity index (χ4n) is 3.85. The molecule has 2 aromatic rings. The first-order valence-electron chi connectivity index (χ1n) is 10.4. The van der Waals surface area contributed by atoms with Crippen molar-refractivity contribution in [2.45, 2.75) is 12.6 Å². The highest BCUT2D eigenvalue weighted by atomic mass is 19.1. The summed E-state index contributed by atoms with van der Waals surface area (Å²) in [5, 5.41) is 0. The van der Waals surface area contributed by atoms with Crippen LogP contribution in [0.1, 0.15) is 15.9 Å². The Hall–Kier alpha value is -2.97. The van der Waals surface area contributed by atoms with Crippen LogP contribution in [0.3, 0.4) is 0 Å². The molecular weight excluding hydrogens is 401 g/mol. The number of hydrogen-bond acceptors (Lipinski definition) is 5. The van der Waals surface area contributed by atoms with Gasteiger partial charge in [0.15, 0.2) is 0 Å². The standard InChI is InChI=1S/C23H26FN3O4/c1-30-22(28)17-7-8-18(21(24)13-17)14-27(19-5-3-2-4-6-19)23(29)26-11-9-25(10-12-26)20-15-31-16-20/h2-8,13,20H,9-12,14-16H2,1H3. The van der Waals surface area contributed by atoms with E-state index in [1.54, 1.807) is 4.90 Å². The third-order valence-corrected chi connectivity index (χ3v) is 5.82. The average molecular weight is 427 g/mol. The summed E-state index contributed by atoms with van der Waals surface area (Å²) < 4.78 is 24.7. The van der Waals surface area contributed by atoms with Gasteiger partial charge >= 0.3 is 12.0 Å². The molecule has 0 saturated carbocycles. The molecule has 31 heavy (non-hydrogen) atoms. The lowest BCUT2D eigenvalue weighted by atomic mass is 10.1. The highest BCUT2D eigenvalue weighted by Crippen LogP contribution is 2.22. The van der Waals surface area contributed by atoms with Gasteiger partial charge in [0.05, 0.1) is 38.5 Å². The van der Waals surface area contributed by atoms with Gasteiger partial charge in [0.1, 0.15) is 5.82 Å². The molecule has 0 atom stereocenters. The van der Waals surface area contributed by atoms with E-state index in [-0.39, 0.29) is 18.1 Å². The predicted molar refractivity (Wildman–Crippen MR) is 114 cm³/mol. The number of urea groups is 1. The average Bonchev–Trinajstić information content (AvgIpc) is 2.77. The van der Waals surface area contributed by atoms with Gasteiger partial charge in [-0.15, -0.1) is 0 Å². The van der Waals surface area contributed by atoms with E-state index in [2.05, 4.69) is 9.64 Å². The second-order valence-electron chi connectivity index (χ2n) is 7.72. The molecule has 7 nitrogen and oxygen atoms in total. The molecule has 0 N–H and O–H groups in total. The zero-order valence-corrected chi connectivity index (χ0v) is 17.5. The van der Waals surface area contributed by atoms with Crippen molar-refractivity contribution in [3.63, 3.8) is 0 Å². The molecule has 164 valence electrons. The number of para-hydroxylation sites is 1. The fraction of sp³-hybridized carbons (Fsp3) is 0.391. The monoisotopic (exact) mass is 427 g/mol. The smallest absolute Gasteiger partial charge is 0.337 e. The van der Waals surface area contributed by atoms with E-state index in [0.29, 0.717) is 30.4 Å². The highest BCUT2D eigenvalue weighted by molar-refractivity contribution is 5.92. The number of halogens is 1. The predicted octanol–water partition coefficient (Wildman–Crippen LogP) is 2.76. The third kappa shape index (κ3) is 4.70. The van der Waals surface area contributed by atoms with Crippen LogP contribution in [0.15, 0.2) is 48.5 Å². The Morgan fingerprint density at radius 2 is 1.81 bits per heavy atom. The minimum Gasteiger partial charge on any atom is -0.465 e. The Bertz CT molecular complexity index is 928. The quantitative estimate of drug-likeness (QED) is 0.687. The summed E-state index contributed by atoms with van der Waals surface area (Å²) in [7, 11) is 1.25. The number of anilines is 1. The van der Waals surface area contributed by atoms with Crippen LogP contribution in [0.5, 0.6) is 0 Å². The lowest BCUT2D eigenvalue weighted by Crippen LogP contribution is -2.59.